The smallest absolute Gasteiger partial charge is 0.0406 e. The van der Waals surface area contributed by atoms with Crippen molar-refractivity contribution in [1.29, 1.82) is 0 Å². The average Bonchev–Trinajstić information content (AvgIpc) is 2.19. The Kier molecular flexibility index (Phi) is 4.71. The lowest BCUT2D eigenvalue weighted by Crippen LogP contribution is -2.09. The van der Waals surface area contributed by atoms with Crippen LogP contribution in [0.2, 0.25) is 5.02 Å². The molecule has 0 saturated carbocycles. The second-order valence-electron chi connectivity index (χ2n) is 3.38. The summed E-state index contributed by atoms with van der Waals surface area (Å²) in [5, 5.41) is 0.757. The first kappa shape index (κ1) is 11.3. The normalized spacial score (nSPS) is 12.4. The van der Waals surface area contributed by atoms with E-state index in [9.17, 15) is 0 Å². The van der Waals surface area contributed by atoms with Crippen molar-refractivity contribution in [3.05, 3.63) is 47.5 Å². The number of nitrogens with two attached hydrogens (primary N) is 1. The van der Waals surface area contributed by atoms with Crippen LogP contribution >= 0.6 is 11.6 Å². The summed E-state index contributed by atoms with van der Waals surface area (Å²) in [5.41, 5.74) is 7.16. The lowest BCUT2D eigenvalue weighted by atomic mass is 10.0. The molecule has 1 aromatic carbocycles. The van der Waals surface area contributed by atoms with Crippen LogP contribution < -0.4 is 5.73 Å². The first-order chi connectivity index (χ1) is 6.74. The summed E-state index contributed by atoms with van der Waals surface area (Å²) < 4.78 is 0. The standard InChI is InChI=1S/C12H16ClN/c1-2-3-4-5-12(14)10-6-8-11(13)9-7-10/h2,6-9,12H,1,3-5,14H2. The molecule has 1 rings (SSSR count). The minimum absolute atomic E-state index is 0.118. The van der Waals surface area contributed by atoms with Crippen molar-refractivity contribution in [2.24, 2.45) is 5.73 Å². The summed E-state index contributed by atoms with van der Waals surface area (Å²) >= 11 is 5.79. The van der Waals surface area contributed by atoms with Crippen molar-refractivity contribution >= 4 is 11.6 Å². The Bertz CT molecular complexity index is 279. The Labute approximate surface area is 90.6 Å². The Morgan fingerprint density at radius 2 is 2.00 bits per heavy atom. The van der Waals surface area contributed by atoms with Crippen molar-refractivity contribution in [2.45, 2.75) is 25.3 Å². The topological polar surface area (TPSA) is 26.0 Å². The molecule has 2 heteroatoms. The summed E-state index contributed by atoms with van der Waals surface area (Å²) in [6.07, 6.45) is 5.04. The van der Waals surface area contributed by atoms with Gasteiger partial charge in [-0.3, -0.25) is 0 Å². The van der Waals surface area contributed by atoms with E-state index in [0.717, 1.165) is 29.8 Å². The maximum Gasteiger partial charge on any atom is 0.0406 e. The van der Waals surface area contributed by atoms with Gasteiger partial charge in [0.15, 0.2) is 0 Å². The van der Waals surface area contributed by atoms with Crippen LogP contribution in [-0.2, 0) is 0 Å². The fourth-order valence-corrected chi connectivity index (χ4v) is 1.48. The van der Waals surface area contributed by atoms with E-state index in [1.807, 2.05) is 30.3 Å². The van der Waals surface area contributed by atoms with Crippen LogP contribution in [0.5, 0.6) is 0 Å². The molecule has 0 heterocycles. The maximum absolute atomic E-state index is 6.01. The van der Waals surface area contributed by atoms with E-state index in [0.29, 0.717) is 0 Å². The fourth-order valence-electron chi connectivity index (χ4n) is 1.36. The molecular weight excluding hydrogens is 194 g/mol. The predicted octanol–water partition coefficient (Wildman–Crippen LogP) is 3.70. The van der Waals surface area contributed by atoms with Crippen LogP contribution in [0.4, 0.5) is 0 Å². The lowest BCUT2D eigenvalue weighted by molar-refractivity contribution is 0.617. The largest absolute Gasteiger partial charge is 0.324 e. The fraction of sp³-hybridized carbons (Fsp3) is 0.333. The van der Waals surface area contributed by atoms with E-state index < -0.39 is 0 Å². The SMILES string of the molecule is C=CCCCC(N)c1ccc(Cl)cc1. The van der Waals surface area contributed by atoms with Gasteiger partial charge in [0.05, 0.1) is 0 Å². The van der Waals surface area contributed by atoms with E-state index in [-0.39, 0.29) is 6.04 Å². The first-order valence-electron chi connectivity index (χ1n) is 4.86. The average molecular weight is 210 g/mol. The number of allylic oxidation sites excluding steroid dienone is 1. The summed E-state index contributed by atoms with van der Waals surface area (Å²) in [4.78, 5) is 0. The van der Waals surface area contributed by atoms with E-state index in [4.69, 9.17) is 17.3 Å². The van der Waals surface area contributed by atoms with Crippen LogP contribution in [0.15, 0.2) is 36.9 Å². The number of hydrogen-bond acceptors (Lipinski definition) is 1. The van der Waals surface area contributed by atoms with E-state index in [1.54, 1.807) is 0 Å². The molecule has 1 atom stereocenters. The molecule has 0 spiro atoms. The predicted molar refractivity (Wildman–Crippen MR) is 62.4 cm³/mol. The van der Waals surface area contributed by atoms with Gasteiger partial charge in [-0.1, -0.05) is 29.8 Å². The lowest BCUT2D eigenvalue weighted by Gasteiger charge is -2.10. The Hall–Kier alpha value is -0.790. The summed E-state index contributed by atoms with van der Waals surface area (Å²) in [7, 11) is 0. The quantitative estimate of drug-likeness (QED) is 0.581. The minimum atomic E-state index is 0.118. The van der Waals surface area contributed by atoms with Crippen molar-refractivity contribution in [3.8, 4) is 0 Å². The molecule has 0 aliphatic rings. The third-order valence-electron chi connectivity index (χ3n) is 2.22. The summed E-state index contributed by atoms with van der Waals surface area (Å²) in [6.45, 7) is 3.68. The summed E-state index contributed by atoms with van der Waals surface area (Å²) in [6, 6.07) is 7.85. The molecule has 14 heavy (non-hydrogen) atoms. The second kappa shape index (κ2) is 5.84. The maximum atomic E-state index is 6.01. The van der Waals surface area contributed by atoms with Crippen LogP contribution in [0.1, 0.15) is 30.9 Å². The van der Waals surface area contributed by atoms with Gasteiger partial charge in [0, 0.05) is 11.1 Å². The van der Waals surface area contributed by atoms with Gasteiger partial charge in [0.2, 0.25) is 0 Å². The zero-order chi connectivity index (χ0) is 10.4. The highest BCUT2D eigenvalue weighted by atomic mass is 35.5. The Morgan fingerprint density at radius 3 is 2.57 bits per heavy atom. The van der Waals surface area contributed by atoms with Gasteiger partial charge in [-0.05, 0) is 37.0 Å². The molecule has 0 aliphatic carbocycles. The van der Waals surface area contributed by atoms with Gasteiger partial charge in [-0.2, -0.15) is 0 Å². The number of halogens is 1. The number of hydrogen-bond donors (Lipinski definition) is 1. The van der Waals surface area contributed by atoms with Crippen molar-refractivity contribution in [3.63, 3.8) is 0 Å². The molecule has 1 unspecified atom stereocenters. The van der Waals surface area contributed by atoms with Crippen molar-refractivity contribution < 1.29 is 0 Å². The van der Waals surface area contributed by atoms with Crippen LogP contribution in [0.25, 0.3) is 0 Å². The molecular formula is C12H16ClN. The van der Waals surface area contributed by atoms with E-state index >= 15 is 0 Å². The first-order valence-corrected chi connectivity index (χ1v) is 5.24. The summed E-state index contributed by atoms with van der Waals surface area (Å²) in [5.74, 6) is 0. The van der Waals surface area contributed by atoms with Gasteiger partial charge in [0.25, 0.3) is 0 Å². The molecule has 0 aromatic heterocycles. The molecule has 1 aromatic rings. The molecule has 0 bridgehead atoms. The van der Waals surface area contributed by atoms with E-state index in [1.165, 1.54) is 0 Å². The van der Waals surface area contributed by atoms with Crippen LogP contribution in [-0.4, -0.2) is 0 Å². The molecule has 76 valence electrons. The molecule has 0 saturated heterocycles. The molecule has 0 radical (unpaired) electrons. The van der Waals surface area contributed by atoms with Gasteiger partial charge in [-0.25, -0.2) is 0 Å². The number of benzene rings is 1. The highest BCUT2D eigenvalue weighted by Crippen LogP contribution is 2.18. The van der Waals surface area contributed by atoms with Gasteiger partial charge >= 0.3 is 0 Å². The van der Waals surface area contributed by atoms with E-state index in [2.05, 4.69) is 6.58 Å². The molecule has 0 fully saturated rings. The third kappa shape index (κ3) is 3.52. The third-order valence-corrected chi connectivity index (χ3v) is 2.47. The second-order valence-corrected chi connectivity index (χ2v) is 3.81. The molecule has 0 amide bonds. The van der Waals surface area contributed by atoms with Gasteiger partial charge in [-0.15, -0.1) is 6.58 Å². The zero-order valence-electron chi connectivity index (χ0n) is 8.25. The van der Waals surface area contributed by atoms with Crippen LogP contribution in [0.3, 0.4) is 0 Å². The van der Waals surface area contributed by atoms with Crippen LogP contribution in [0, 0.1) is 0 Å². The minimum Gasteiger partial charge on any atom is -0.324 e. The number of rotatable bonds is 5. The highest BCUT2D eigenvalue weighted by Gasteiger charge is 2.04. The molecule has 1 nitrogen and oxygen atoms in total. The van der Waals surface area contributed by atoms with Crippen molar-refractivity contribution in [1.82, 2.24) is 0 Å². The molecule has 2 N–H and O–H groups in total. The van der Waals surface area contributed by atoms with Gasteiger partial charge < -0.3 is 5.73 Å². The zero-order valence-corrected chi connectivity index (χ0v) is 9.00. The Balaban J connectivity index is 2.47. The number of unbranched alkanes of at least 4 members (excludes halogenated alkanes) is 1. The van der Waals surface area contributed by atoms with Gasteiger partial charge in [0.1, 0.15) is 0 Å². The van der Waals surface area contributed by atoms with Crippen molar-refractivity contribution in [2.75, 3.05) is 0 Å². The highest BCUT2D eigenvalue weighted by molar-refractivity contribution is 6.30. The molecule has 0 aliphatic heterocycles. The Morgan fingerprint density at radius 1 is 1.36 bits per heavy atom. The monoisotopic (exact) mass is 209 g/mol.